The van der Waals surface area contributed by atoms with Crippen LogP contribution in [0.1, 0.15) is 34.1 Å². The third-order valence-electron chi connectivity index (χ3n) is 2.34. The summed E-state index contributed by atoms with van der Waals surface area (Å²) in [7, 11) is 2.18. The molecule has 0 unspecified atom stereocenters. The van der Waals surface area contributed by atoms with Gasteiger partial charge >= 0.3 is 0 Å². The van der Waals surface area contributed by atoms with Crippen molar-refractivity contribution in [3.05, 3.63) is 0 Å². The molecule has 0 aromatic heterocycles. The molecular formula is C11H26N2. The van der Waals surface area contributed by atoms with Gasteiger partial charge in [0.2, 0.25) is 0 Å². The van der Waals surface area contributed by atoms with E-state index in [4.69, 9.17) is 5.73 Å². The highest BCUT2D eigenvalue weighted by Gasteiger charge is 2.17. The zero-order chi connectivity index (χ0) is 10.5. The van der Waals surface area contributed by atoms with Crippen LogP contribution in [-0.2, 0) is 0 Å². The normalized spacial score (nSPS) is 12.9. The quantitative estimate of drug-likeness (QED) is 0.687. The molecule has 0 aliphatic heterocycles. The maximum atomic E-state index is 5.68. The van der Waals surface area contributed by atoms with E-state index < -0.39 is 0 Å². The summed E-state index contributed by atoms with van der Waals surface area (Å²) >= 11 is 0. The minimum Gasteiger partial charge on any atom is -0.330 e. The van der Waals surface area contributed by atoms with Crippen molar-refractivity contribution < 1.29 is 0 Å². The number of nitrogens with two attached hydrogens (primary N) is 1. The van der Waals surface area contributed by atoms with Gasteiger partial charge in [-0.2, -0.15) is 0 Å². The first kappa shape index (κ1) is 12.9. The molecule has 13 heavy (non-hydrogen) atoms. The summed E-state index contributed by atoms with van der Waals surface area (Å²) in [6, 6.07) is 0. The van der Waals surface area contributed by atoms with Crippen LogP contribution in [-0.4, -0.2) is 31.6 Å². The second-order valence-corrected chi connectivity index (χ2v) is 5.29. The van der Waals surface area contributed by atoms with E-state index in [1.807, 2.05) is 0 Å². The maximum absolute atomic E-state index is 5.68. The molecule has 2 heteroatoms. The molecule has 2 N–H and O–H groups in total. The van der Waals surface area contributed by atoms with Crippen molar-refractivity contribution >= 4 is 0 Å². The summed E-state index contributed by atoms with van der Waals surface area (Å²) in [5.41, 5.74) is 5.94. The Morgan fingerprint density at radius 3 is 2.23 bits per heavy atom. The van der Waals surface area contributed by atoms with E-state index in [0.29, 0.717) is 0 Å². The third kappa shape index (κ3) is 7.03. The molecule has 0 aromatic carbocycles. The van der Waals surface area contributed by atoms with Crippen molar-refractivity contribution in [3.8, 4) is 0 Å². The summed E-state index contributed by atoms with van der Waals surface area (Å²) in [6.45, 7) is 12.0. The fourth-order valence-corrected chi connectivity index (χ4v) is 1.35. The van der Waals surface area contributed by atoms with Gasteiger partial charge in [0.1, 0.15) is 0 Å². The Balaban J connectivity index is 3.67. The molecule has 0 saturated heterocycles. The highest BCUT2D eigenvalue weighted by atomic mass is 15.1. The average molecular weight is 186 g/mol. The van der Waals surface area contributed by atoms with Crippen molar-refractivity contribution in [2.45, 2.75) is 34.1 Å². The topological polar surface area (TPSA) is 29.3 Å². The first-order valence-electron chi connectivity index (χ1n) is 5.26. The molecule has 0 fully saturated rings. The molecule has 0 spiro atoms. The predicted octanol–water partition coefficient (Wildman–Crippen LogP) is 1.95. The van der Waals surface area contributed by atoms with Crippen LogP contribution in [0.15, 0.2) is 0 Å². The van der Waals surface area contributed by atoms with Crippen LogP contribution in [0.5, 0.6) is 0 Å². The molecule has 2 nitrogen and oxygen atoms in total. The summed E-state index contributed by atoms with van der Waals surface area (Å²) in [4.78, 5) is 2.38. The van der Waals surface area contributed by atoms with E-state index in [9.17, 15) is 0 Å². The van der Waals surface area contributed by atoms with Crippen LogP contribution in [0, 0.1) is 11.3 Å². The molecule has 0 atom stereocenters. The van der Waals surface area contributed by atoms with Crippen LogP contribution in [0.25, 0.3) is 0 Å². The van der Waals surface area contributed by atoms with E-state index in [2.05, 4.69) is 39.6 Å². The van der Waals surface area contributed by atoms with Crippen LogP contribution in [0.3, 0.4) is 0 Å². The smallest absolute Gasteiger partial charge is 0.00417 e. The molecule has 0 aliphatic rings. The van der Waals surface area contributed by atoms with Gasteiger partial charge < -0.3 is 10.6 Å². The van der Waals surface area contributed by atoms with E-state index in [1.165, 1.54) is 13.0 Å². The number of nitrogens with zero attached hydrogens (tertiary/aromatic N) is 1. The zero-order valence-corrected chi connectivity index (χ0v) is 9.93. The Kier molecular flexibility index (Phi) is 5.57. The lowest BCUT2D eigenvalue weighted by Gasteiger charge is -2.29. The Hall–Kier alpha value is -0.0800. The van der Waals surface area contributed by atoms with E-state index >= 15 is 0 Å². The van der Waals surface area contributed by atoms with Gasteiger partial charge in [0.15, 0.2) is 0 Å². The van der Waals surface area contributed by atoms with Crippen molar-refractivity contribution in [2.24, 2.45) is 17.1 Å². The minimum absolute atomic E-state index is 0.256. The van der Waals surface area contributed by atoms with E-state index in [-0.39, 0.29) is 5.41 Å². The molecule has 80 valence electrons. The lowest BCUT2D eigenvalue weighted by molar-refractivity contribution is 0.207. The van der Waals surface area contributed by atoms with Gasteiger partial charge in [-0.1, -0.05) is 27.7 Å². The van der Waals surface area contributed by atoms with Gasteiger partial charge in [-0.15, -0.1) is 0 Å². The lowest BCUT2D eigenvalue weighted by atomic mass is 9.93. The standard InChI is InChI=1S/C11H26N2/c1-10(2)6-7-13(5)9-11(3,4)8-12/h10H,6-9,12H2,1-5H3. The highest BCUT2D eigenvalue weighted by molar-refractivity contribution is 4.73. The summed E-state index contributed by atoms with van der Waals surface area (Å²) in [5, 5.41) is 0. The Bertz CT molecular complexity index is 130. The Morgan fingerprint density at radius 2 is 1.85 bits per heavy atom. The molecule has 0 aromatic rings. The van der Waals surface area contributed by atoms with Crippen molar-refractivity contribution in [1.29, 1.82) is 0 Å². The highest BCUT2D eigenvalue weighted by Crippen LogP contribution is 2.14. The molecule has 0 bridgehead atoms. The van der Waals surface area contributed by atoms with Crippen LogP contribution >= 0.6 is 0 Å². The van der Waals surface area contributed by atoms with Crippen molar-refractivity contribution in [2.75, 3.05) is 26.7 Å². The van der Waals surface area contributed by atoms with Crippen LogP contribution in [0.4, 0.5) is 0 Å². The molecule has 0 rings (SSSR count). The summed E-state index contributed by atoms with van der Waals surface area (Å²) in [6.07, 6.45) is 1.27. The van der Waals surface area contributed by atoms with E-state index in [1.54, 1.807) is 0 Å². The second kappa shape index (κ2) is 5.61. The molecule has 0 radical (unpaired) electrons. The Morgan fingerprint density at radius 1 is 1.31 bits per heavy atom. The van der Waals surface area contributed by atoms with Gasteiger partial charge in [0.25, 0.3) is 0 Å². The zero-order valence-electron chi connectivity index (χ0n) is 9.93. The van der Waals surface area contributed by atoms with E-state index in [0.717, 1.165) is 19.0 Å². The van der Waals surface area contributed by atoms with Crippen LogP contribution in [0.2, 0.25) is 0 Å². The predicted molar refractivity (Wildman–Crippen MR) is 59.8 cm³/mol. The number of hydrogen-bond acceptors (Lipinski definition) is 2. The monoisotopic (exact) mass is 186 g/mol. The molecular weight excluding hydrogens is 160 g/mol. The molecule has 0 amide bonds. The molecule has 0 saturated carbocycles. The van der Waals surface area contributed by atoms with Crippen molar-refractivity contribution in [3.63, 3.8) is 0 Å². The Labute approximate surface area is 83.5 Å². The summed E-state index contributed by atoms with van der Waals surface area (Å²) < 4.78 is 0. The van der Waals surface area contributed by atoms with Gasteiger partial charge in [-0.05, 0) is 37.9 Å². The SMILES string of the molecule is CC(C)CCN(C)CC(C)(C)CN. The number of hydrogen-bond donors (Lipinski definition) is 1. The lowest BCUT2D eigenvalue weighted by Crippen LogP contribution is -2.37. The maximum Gasteiger partial charge on any atom is 0.00417 e. The molecule has 0 aliphatic carbocycles. The molecule has 0 heterocycles. The minimum atomic E-state index is 0.256. The number of rotatable bonds is 6. The van der Waals surface area contributed by atoms with Crippen molar-refractivity contribution in [1.82, 2.24) is 4.90 Å². The van der Waals surface area contributed by atoms with Gasteiger partial charge in [0, 0.05) is 6.54 Å². The van der Waals surface area contributed by atoms with Gasteiger partial charge in [-0.3, -0.25) is 0 Å². The second-order valence-electron chi connectivity index (χ2n) is 5.29. The largest absolute Gasteiger partial charge is 0.330 e. The first-order chi connectivity index (χ1) is 5.87. The first-order valence-corrected chi connectivity index (χ1v) is 5.26. The van der Waals surface area contributed by atoms with Gasteiger partial charge in [-0.25, -0.2) is 0 Å². The summed E-state index contributed by atoms with van der Waals surface area (Å²) in [5.74, 6) is 0.795. The third-order valence-corrected chi connectivity index (χ3v) is 2.34. The fraction of sp³-hybridized carbons (Fsp3) is 1.00. The van der Waals surface area contributed by atoms with Gasteiger partial charge in [0.05, 0.1) is 0 Å². The van der Waals surface area contributed by atoms with Crippen LogP contribution < -0.4 is 5.73 Å². The fourth-order valence-electron chi connectivity index (χ4n) is 1.35. The average Bonchev–Trinajstić information content (AvgIpc) is 2.00.